The van der Waals surface area contributed by atoms with Crippen LogP contribution in [-0.4, -0.2) is 25.4 Å². The Morgan fingerprint density at radius 3 is 2.67 bits per heavy atom. The normalized spacial score (nSPS) is 27.3. The number of nitrogens with two attached hydrogens (primary N) is 1. The molecule has 1 aromatic rings. The Morgan fingerprint density at radius 2 is 2.05 bits per heavy atom. The monoisotopic (exact) mass is 291 g/mol. The van der Waals surface area contributed by atoms with E-state index >= 15 is 0 Å². The van der Waals surface area contributed by atoms with E-state index in [0.29, 0.717) is 0 Å². The van der Waals surface area contributed by atoms with Gasteiger partial charge in [-0.15, -0.1) is 0 Å². The van der Waals surface area contributed by atoms with Crippen molar-refractivity contribution in [2.45, 2.75) is 57.6 Å². The van der Waals surface area contributed by atoms with Gasteiger partial charge < -0.3 is 15.2 Å². The van der Waals surface area contributed by atoms with Gasteiger partial charge in [0.25, 0.3) is 0 Å². The molecule has 1 aromatic carbocycles. The van der Waals surface area contributed by atoms with E-state index in [4.69, 9.17) is 15.2 Å². The van der Waals surface area contributed by atoms with Crippen LogP contribution in [0.5, 0.6) is 5.75 Å². The minimum atomic E-state index is -0.148. The third-order valence-electron chi connectivity index (χ3n) is 4.82. The largest absolute Gasteiger partial charge is 0.497 e. The highest BCUT2D eigenvalue weighted by molar-refractivity contribution is 5.29. The van der Waals surface area contributed by atoms with Gasteiger partial charge in [0.05, 0.1) is 12.7 Å². The number of methoxy groups -OCH3 is 1. The van der Waals surface area contributed by atoms with E-state index in [2.05, 4.69) is 26.0 Å². The minimum absolute atomic E-state index is 0.0389. The van der Waals surface area contributed by atoms with E-state index in [9.17, 15) is 0 Å². The smallest absolute Gasteiger partial charge is 0.119 e. The fourth-order valence-corrected chi connectivity index (χ4v) is 3.40. The lowest BCUT2D eigenvalue weighted by molar-refractivity contribution is -0.0883. The summed E-state index contributed by atoms with van der Waals surface area (Å²) in [7, 11) is 1.70. The van der Waals surface area contributed by atoms with Crippen LogP contribution in [0, 0.1) is 5.92 Å². The molecule has 2 N–H and O–H groups in total. The van der Waals surface area contributed by atoms with Crippen molar-refractivity contribution in [3.05, 3.63) is 29.8 Å². The first kappa shape index (κ1) is 16.3. The van der Waals surface area contributed by atoms with Crippen LogP contribution >= 0.6 is 0 Å². The first-order valence-corrected chi connectivity index (χ1v) is 8.12. The van der Waals surface area contributed by atoms with Crippen molar-refractivity contribution in [1.29, 1.82) is 0 Å². The highest BCUT2D eigenvalue weighted by Crippen LogP contribution is 2.37. The lowest BCUT2D eigenvalue weighted by atomic mass is 9.74. The molecule has 1 saturated carbocycles. The van der Waals surface area contributed by atoms with E-state index in [1.807, 2.05) is 12.1 Å². The van der Waals surface area contributed by atoms with Crippen molar-refractivity contribution < 1.29 is 9.47 Å². The second-order valence-electron chi connectivity index (χ2n) is 6.34. The molecule has 0 amide bonds. The SMILES string of the molecule is CCOC1(C(N)Cc2cccc(OC)c2)CCC(C)CC1. The zero-order valence-electron chi connectivity index (χ0n) is 13.6. The number of rotatable bonds is 6. The summed E-state index contributed by atoms with van der Waals surface area (Å²) in [6.45, 7) is 5.13. The van der Waals surface area contributed by atoms with Crippen molar-refractivity contribution in [2.24, 2.45) is 11.7 Å². The number of hydrogen-bond donors (Lipinski definition) is 1. The van der Waals surface area contributed by atoms with Gasteiger partial charge in [0.15, 0.2) is 0 Å². The van der Waals surface area contributed by atoms with Gasteiger partial charge >= 0.3 is 0 Å². The van der Waals surface area contributed by atoms with E-state index in [-0.39, 0.29) is 11.6 Å². The molecule has 0 aromatic heterocycles. The van der Waals surface area contributed by atoms with Crippen LogP contribution in [0.15, 0.2) is 24.3 Å². The predicted molar refractivity (Wildman–Crippen MR) is 86.7 cm³/mol. The van der Waals surface area contributed by atoms with E-state index in [1.165, 1.54) is 18.4 Å². The van der Waals surface area contributed by atoms with Gasteiger partial charge in [-0.3, -0.25) is 0 Å². The summed E-state index contributed by atoms with van der Waals surface area (Å²) in [4.78, 5) is 0. The topological polar surface area (TPSA) is 44.5 Å². The molecule has 0 bridgehead atoms. The molecule has 1 atom stereocenters. The van der Waals surface area contributed by atoms with Crippen molar-refractivity contribution in [1.82, 2.24) is 0 Å². The molecule has 1 fully saturated rings. The Bertz CT molecular complexity index is 439. The van der Waals surface area contributed by atoms with Gasteiger partial charge in [0.2, 0.25) is 0 Å². The van der Waals surface area contributed by atoms with Crippen molar-refractivity contribution in [3.8, 4) is 5.75 Å². The molecule has 1 aliphatic carbocycles. The minimum Gasteiger partial charge on any atom is -0.497 e. The Morgan fingerprint density at radius 1 is 1.33 bits per heavy atom. The third-order valence-corrected chi connectivity index (χ3v) is 4.82. The first-order chi connectivity index (χ1) is 10.1. The van der Waals surface area contributed by atoms with Gasteiger partial charge in [0.1, 0.15) is 5.75 Å². The van der Waals surface area contributed by atoms with Gasteiger partial charge in [-0.25, -0.2) is 0 Å². The van der Waals surface area contributed by atoms with E-state index in [0.717, 1.165) is 37.5 Å². The Labute approximate surface area is 128 Å². The van der Waals surface area contributed by atoms with Crippen molar-refractivity contribution in [2.75, 3.05) is 13.7 Å². The quantitative estimate of drug-likeness (QED) is 0.871. The fourth-order valence-electron chi connectivity index (χ4n) is 3.40. The van der Waals surface area contributed by atoms with Gasteiger partial charge in [-0.1, -0.05) is 19.1 Å². The van der Waals surface area contributed by atoms with Crippen LogP contribution < -0.4 is 10.5 Å². The van der Waals surface area contributed by atoms with E-state index in [1.54, 1.807) is 7.11 Å². The molecule has 2 rings (SSSR count). The highest BCUT2D eigenvalue weighted by Gasteiger charge is 2.40. The maximum atomic E-state index is 6.57. The molecule has 1 aliphatic rings. The van der Waals surface area contributed by atoms with Gasteiger partial charge in [-0.05, 0) is 62.6 Å². The second-order valence-corrected chi connectivity index (χ2v) is 6.34. The summed E-state index contributed by atoms with van der Waals surface area (Å²) in [5.74, 6) is 1.69. The van der Waals surface area contributed by atoms with Gasteiger partial charge in [-0.2, -0.15) is 0 Å². The van der Waals surface area contributed by atoms with E-state index < -0.39 is 0 Å². The molecular weight excluding hydrogens is 262 g/mol. The average molecular weight is 291 g/mol. The predicted octanol–water partition coefficient (Wildman–Crippen LogP) is 3.55. The van der Waals surface area contributed by atoms with Crippen molar-refractivity contribution in [3.63, 3.8) is 0 Å². The molecule has 3 heteroatoms. The lowest BCUT2D eigenvalue weighted by Crippen LogP contribution is -2.53. The van der Waals surface area contributed by atoms with Gasteiger partial charge in [0, 0.05) is 12.6 Å². The molecule has 3 nitrogen and oxygen atoms in total. The van der Waals surface area contributed by atoms with Crippen LogP contribution in [0.2, 0.25) is 0 Å². The molecule has 21 heavy (non-hydrogen) atoms. The summed E-state index contributed by atoms with van der Waals surface area (Å²) in [6, 6.07) is 8.22. The molecule has 0 spiro atoms. The zero-order valence-corrected chi connectivity index (χ0v) is 13.6. The molecule has 0 saturated heterocycles. The standard InChI is InChI=1S/C18H29NO2/c1-4-21-18(10-8-14(2)9-11-18)17(19)13-15-6-5-7-16(12-15)20-3/h5-7,12,14,17H,4,8-11,13,19H2,1-3H3. The van der Waals surface area contributed by atoms with Crippen LogP contribution in [-0.2, 0) is 11.2 Å². The molecule has 118 valence electrons. The third kappa shape index (κ3) is 3.98. The lowest BCUT2D eigenvalue weighted by Gasteiger charge is -2.43. The Kier molecular flexibility index (Phi) is 5.65. The summed E-state index contributed by atoms with van der Waals surface area (Å²) < 4.78 is 11.4. The Hall–Kier alpha value is -1.06. The summed E-state index contributed by atoms with van der Waals surface area (Å²) in [6.07, 6.45) is 5.42. The highest BCUT2D eigenvalue weighted by atomic mass is 16.5. The maximum Gasteiger partial charge on any atom is 0.119 e. The summed E-state index contributed by atoms with van der Waals surface area (Å²) >= 11 is 0. The molecule has 0 aliphatic heterocycles. The van der Waals surface area contributed by atoms with Crippen molar-refractivity contribution >= 4 is 0 Å². The maximum absolute atomic E-state index is 6.57. The molecule has 0 heterocycles. The summed E-state index contributed by atoms with van der Waals surface area (Å²) in [5.41, 5.74) is 7.65. The van der Waals surface area contributed by atoms with Crippen LogP contribution in [0.4, 0.5) is 0 Å². The first-order valence-electron chi connectivity index (χ1n) is 8.12. The number of hydrogen-bond acceptors (Lipinski definition) is 3. The van der Waals surface area contributed by atoms with Crippen LogP contribution in [0.1, 0.15) is 45.1 Å². The fraction of sp³-hybridized carbons (Fsp3) is 0.667. The Balaban J connectivity index is 2.09. The molecule has 1 unspecified atom stereocenters. The summed E-state index contributed by atoms with van der Waals surface area (Å²) in [5, 5.41) is 0. The molecule has 0 radical (unpaired) electrons. The van der Waals surface area contributed by atoms with Crippen LogP contribution in [0.25, 0.3) is 0 Å². The zero-order chi connectivity index (χ0) is 15.3. The molecular formula is C18H29NO2. The second kappa shape index (κ2) is 7.28. The number of benzene rings is 1. The number of ether oxygens (including phenoxy) is 2. The average Bonchev–Trinajstić information content (AvgIpc) is 2.50. The van der Waals surface area contributed by atoms with Crippen LogP contribution in [0.3, 0.4) is 0 Å².